The van der Waals surface area contributed by atoms with Gasteiger partial charge in [0, 0.05) is 12.5 Å². The van der Waals surface area contributed by atoms with Crippen LogP contribution < -0.4 is 11.1 Å². The van der Waals surface area contributed by atoms with E-state index in [0.717, 1.165) is 12.1 Å². The Morgan fingerprint density at radius 2 is 2.26 bits per heavy atom. The topological polar surface area (TPSA) is 50.4 Å². The van der Waals surface area contributed by atoms with Crippen molar-refractivity contribution >= 4 is 5.96 Å². The maximum Gasteiger partial charge on any atom is 0.188 e. The summed E-state index contributed by atoms with van der Waals surface area (Å²) in [5.74, 6) is 1.06. The van der Waals surface area contributed by atoms with Crippen molar-refractivity contribution in [3.63, 3.8) is 0 Å². The van der Waals surface area contributed by atoms with E-state index in [1.807, 2.05) is 6.92 Å². The Bertz CT molecular complexity index is 477. The van der Waals surface area contributed by atoms with Gasteiger partial charge in [0.1, 0.15) is 0 Å². The van der Waals surface area contributed by atoms with Crippen molar-refractivity contribution in [3.05, 3.63) is 47.5 Å². The summed E-state index contributed by atoms with van der Waals surface area (Å²) in [6.07, 6.45) is 3.68. The number of nitrogens with zero attached hydrogens (tertiary/aromatic N) is 1. The number of nitrogens with two attached hydrogens (primary N) is 1. The summed E-state index contributed by atoms with van der Waals surface area (Å²) in [5.41, 5.74) is 9.83. The van der Waals surface area contributed by atoms with Gasteiger partial charge in [0.25, 0.3) is 0 Å². The third-order valence-electron chi connectivity index (χ3n) is 3.54. The number of hydrogen-bond donors (Lipinski definition) is 2. The molecule has 0 spiro atoms. The fourth-order valence-electron chi connectivity index (χ4n) is 2.57. The average molecular weight is 257 g/mol. The second-order valence-corrected chi connectivity index (χ2v) is 5.33. The Balaban J connectivity index is 1.94. The predicted octanol–water partition coefficient (Wildman–Crippen LogP) is 2.59. The molecule has 1 aliphatic carbocycles. The van der Waals surface area contributed by atoms with E-state index in [9.17, 15) is 0 Å². The van der Waals surface area contributed by atoms with Crippen LogP contribution in [0.15, 0.2) is 41.4 Å². The van der Waals surface area contributed by atoms with Gasteiger partial charge in [0.2, 0.25) is 0 Å². The molecule has 3 heteroatoms. The highest BCUT2D eigenvalue weighted by Gasteiger charge is 2.19. The molecule has 2 rings (SSSR count). The molecule has 0 bridgehead atoms. The highest BCUT2D eigenvalue weighted by Crippen LogP contribution is 2.30. The number of guanidine groups is 1. The normalized spacial score (nSPS) is 18.8. The molecule has 0 radical (unpaired) electrons. The lowest BCUT2D eigenvalue weighted by Crippen LogP contribution is -2.35. The van der Waals surface area contributed by atoms with Crippen molar-refractivity contribution in [2.45, 2.75) is 32.1 Å². The van der Waals surface area contributed by atoms with Crippen molar-refractivity contribution in [1.82, 2.24) is 5.32 Å². The minimum Gasteiger partial charge on any atom is -0.370 e. The SMILES string of the molecule is C=C(C)CN=C(N)NCC1CCCc2ccccc21. The molecule has 1 aliphatic rings. The molecular formula is C16H23N3. The number of aliphatic imine (C=N–C) groups is 1. The first-order chi connectivity index (χ1) is 9.16. The van der Waals surface area contributed by atoms with E-state index in [1.54, 1.807) is 0 Å². The van der Waals surface area contributed by atoms with Gasteiger partial charge in [-0.15, -0.1) is 0 Å². The maximum absolute atomic E-state index is 5.86. The van der Waals surface area contributed by atoms with Crippen LogP contribution in [0.25, 0.3) is 0 Å². The van der Waals surface area contributed by atoms with Gasteiger partial charge in [-0.2, -0.15) is 0 Å². The van der Waals surface area contributed by atoms with Crippen LogP contribution in [-0.4, -0.2) is 19.0 Å². The average Bonchev–Trinajstić information content (AvgIpc) is 2.42. The zero-order chi connectivity index (χ0) is 13.7. The van der Waals surface area contributed by atoms with Crippen LogP contribution in [0.3, 0.4) is 0 Å². The van der Waals surface area contributed by atoms with E-state index in [4.69, 9.17) is 5.73 Å². The number of aryl methyl sites for hydroxylation is 1. The standard InChI is InChI=1S/C16H23N3/c1-12(2)10-18-16(17)19-11-14-8-5-7-13-6-3-4-9-15(13)14/h3-4,6,9,14H,1,5,7-8,10-11H2,2H3,(H3,17,18,19). The molecule has 0 heterocycles. The molecule has 1 unspecified atom stereocenters. The fraction of sp³-hybridized carbons (Fsp3) is 0.438. The molecule has 1 aromatic rings. The molecule has 102 valence electrons. The zero-order valence-electron chi connectivity index (χ0n) is 11.7. The summed E-state index contributed by atoms with van der Waals surface area (Å²) in [6.45, 7) is 7.23. The minimum atomic E-state index is 0.519. The summed E-state index contributed by atoms with van der Waals surface area (Å²) >= 11 is 0. The molecule has 3 nitrogen and oxygen atoms in total. The van der Waals surface area contributed by atoms with Crippen LogP contribution in [-0.2, 0) is 6.42 Å². The number of benzene rings is 1. The second kappa shape index (κ2) is 6.41. The molecule has 0 fully saturated rings. The summed E-state index contributed by atoms with van der Waals surface area (Å²) in [6, 6.07) is 8.72. The molecule has 0 aromatic heterocycles. The first kappa shape index (κ1) is 13.7. The van der Waals surface area contributed by atoms with E-state index in [2.05, 4.69) is 41.2 Å². The van der Waals surface area contributed by atoms with Gasteiger partial charge < -0.3 is 11.1 Å². The minimum absolute atomic E-state index is 0.519. The van der Waals surface area contributed by atoms with E-state index >= 15 is 0 Å². The Hall–Kier alpha value is -1.77. The van der Waals surface area contributed by atoms with Gasteiger partial charge in [-0.25, -0.2) is 4.99 Å². The lowest BCUT2D eigenvalue weighted by molar-refractivity contribution is 0.542. The van der Waals surface area contributed by atoms with Crippen molar-refractivity contribution in [2.24, 2.45) is 10.7 Å². The molecule has 0 amide bonds. The summed E-state index contributed by atoms with van der Waals surface area (Å²) in [7, 11) is 0. The highest BCUT2D eigenvalue weighted by atomic mass is 15.1. The Morgan fingerprint density at radius 3 is 3.05 bits per heavy atom. The zero-order valence-corrected chi connectivity index (χ0v) is 11.7. The van der Waals surface area contributed by atoms with Crippen molar-refractivity contribution in [3.8, 4) is 0 Å². The first-order valence-corrected chi connectivity index (χ1v) is 6.93. The van der Waals surface area contributed by atoms with Gasteiger partial charge in [-0.1, -0.05) is 36.4 Å². The summed E-state index contributed by atoms with van der Waals surface area (Å²) < 4.78 is 0. The first-order valence-electron chi connectivity index (χ1n) is 6.93. The molecule has 1 aromatic carbocycles. The third kappa shape index (κ3) is 3.85. The molecule has 0 saturated carbocycles. The van der Waals surface area contributed by atoms with Gasteiger partial charge in [0.15, 0.2) is 5.96 Å². The van der Waals surface area contributed by atoms with E-state index in [1.165, 1.54) is 30.4 Å². The molecule has 3 N–H and O–H groups in total. The monoisotopic (exact) mass is 257 g/mol. The largest absolute Gasteiger partial charge is 0.370 e. The number of fused-ring (bicyclic) bond motifs is 1. The van der Waals surface area contributed by atoms with E-state index in [0.29, 0.717) is 18.4 Å². The van der Waals surface area contributed by atoms with Crippen LogP contribution in [0.5, 0.6) is 0 Å². The quantitative estimate of drug-likeness (QED) is 0.495. The molecule has 19 heavy (non-hydrogen) atoms. The number of nitrogens with one attached hydrogen (secondary N) is 1. The third-order valence-corrected chi connectivity index (χ3v) is 3.54. The summed E-state index contributed by atoms with van der Waals surface area (Å²) in [4.78, 5) is 4.25. The van der Waals surface area contributed by atoms with Crippen molar-refractivity contribution in [1.29, 1.82) is 0 Å². The Morgan fingerprint density at radius 1 is 1.47 bits per heavy atom. The second-order valence-electron chi connectivity index (χ2n) is 5.33. The smallest absolute Gasteiger partial charge is 0.188 e. The lowest BCUT2D eigenvalue weighted by atomic mass is 9.83. The highest BCUT2D eigenvalue weighted by molar-refractivity contribution is 5.78. The Labute approximate surface area is 115 Å². The van der Waals surface area contributed by atoms with E-state index < -0.39 is 0 Å². The molecule has 0 saturated heterocycles. The predicted molar refractivity (Wildman–Crippen MR) is 81.4 cm³/mol. The molecule has 0 aliphatic heterocycles. The number of hydrogen-bond acceptors (Lipinski definition) is 1. The fourth-order valence-corrected chi connectivity index (χ4v) is 2.57. The van der Waals surface area contributed by atoms with Crippen molar-refractivity contribution < 1.29 is 0 Å². The van der Waals surface area contributed by atoms with Crippen LogP contribution in [0.1, 0.15) is 36.8 Å². The van der Waals surface area contributed by atoms with Crippen LogP contribution in [0.4, 0.5) is 0 Å². The van der Waals surface area contributed by atoms with E-state index in [-0.39, 0.29) is 0 Å². The summed E-state index contributed by atoms with van der Waals surface area (Å²) in [5, 5.41) is 3.24. The molecule has 1 atom stereocenters. The Kier molecular flexibility index (Phi) is 4.61. The lowest BCUT2D eigenvalue weighted by Gasteiger charge is -2.25. The van der Waals surface area contributed by atoms with Gasteiger partial charge in [-0.05, 0) is 37.3 Å². The van der Waals surface area contributed by atoms with Gasteiger partial charge >= 0.3 is 0 Å². The maximum atomic E-state index is 5.86. The molecular weight excluding hydrogens is 234 g/mol. The number of rotatable bonds is 4. The van der Waals surface area contributed by atoms with Crippen LogP contribution >= 0.6 is 0 Å². The van der Waals surface area contributed by atoms with Crippen molar-refractivity contribution in [2.75, 3.05) is 13.1 Å². The van der Waals surface area contributed by atoms with Gasteiger partial charge in [-0.3, -0.25) is 0 Å². The van der Waals surface area contributed by atoms with Crippen LogP contribution in [0, 0.1) is 0 Å². The van der Waals surface area contributed by atoms with Gasteiger partial charge in [0.05, 0.1) is 6.54 Å². The van der Waals surface area contributed by atoms with Crippen LogP contribution in [0.2, 0.25) is 0 Å².